The molecule has 0 radical (unpaired) electrons. The van der Waals surface area contributed by atoms with Crippen LogP contribution in [0, 0.1) is 4.77 Å². The van der Waals surface area contributed by atoms with E-state index in [4.69, 9.17) is 17.0 Å². The van der Waals surface area contributed by atoms with Crippen LogP contribution in [0.1, 0.15) is 37.3 Å². The van der Waals surface area contributed by atoms with Crippen molar-refractivity contribution in [2.45, 2.75) is 37.9 Å². The molecule has 9 heteroatoms. The Morgan fingerprint density at radius 2 is 1.93 bits per heavy atom. The molecule has 0 bridgehead atoms. The first-order valence-corrected chi connectivity index (χ1v) is 9.62. The van der Waals surface area contributed by atoms with Crippen molar-refractivity contribution in [2.24, 2.45) is 0 Å². The van der Waals surface area contributed by atoms with Crippen LogP contribution in [0.5, 0.6) is 5.75 Å². The summed E-state index contributed by atoms with van der Waals surface area (Å²) in [6.07, 6.45) is -1.28. The third kappa shape index (κ3) is 3.43. The van der Waals surface area contributed by atoms with Gasteiger partial charge in [-0.3, -0.25) is 14.3 Å². The van der Waals surface area contributed by atoms with E-state index >= 15 is 0 Å². The molecule has 0 aliphatic heterocycles. The maximum atomic E-state index is 13.9. The number of para-hydroxylation sites is 1. The Kier molecular flexibility index (Phi) is 4.94. The highest BCUT2D eigenvalue weighted by Gasteiger charge is 2.36. The number of aromatic amines is 1. The number of hydrogen-bond donors (Lipinski definition) is 1. The zero-order valence-electron chi connectivity index (χ0n) is 15.5. The van der Waals surface area contributed by atoms with Crippen molar-refractivity contribution in [1.29, 1.82) is 0 Å². The first kappa shape index (κ1) is 19.6. The molecular formula is C20H18F3N3O2S. The number of benzene rings is 1. The number of methoxy groups -OCH3 is 1. The Hall–Kier alpha value is -2.68. The lowest BCUT2D eigenvalue weighted by atomic mass is 10.0. The lowest BCUT2D eigenvalue weighted by Gasteiger charge is -2.20. The van der Waals surface area contributed by atoms with E-state index in [0.29, 0.717) is 11.3 Å². The standard InChI is InChI=1S/C20H18F3N3O2S/c1-28-15-9-5-4-8-12(15)14-10-13(20(21,22)23)16-17(24-14)26(11-6-2-3-7-11)19(29)25-18(16)27/h4-5,8-11H,2-3,6-7H2,1H3,(H,25,27,29). The van der Waals surface area contributed by atoms with E-state index in [0.717, 1.165) is 31.7 Å². The highest BCUT2D eigenvalue weighted by atomic mass is 32.1. The quantitative estimate of drug-likeness (QED) is 0.586. The number of ether oxygens (including phenoxy) is 1. The van der Waals surface area contributed by atoms with E-state index < -0.39 is 22.7 Å². The van der Waals surface area contributed by atoms with Crippen molar-refractivity contribution in [2.75, 3.05) is 7.11 Å². The summed E-state index contributed by atoms with van der Waals surface area (Å²) < 4.78 is 48.8. The molecule has 29 heavy (non-hydrogen) atoms. The summed E-state index contributed by atoms with van der Waals surface area (Å²) in [5.74, 6) is 0.392. The molecule has 1 fully saturated rings. The molecule has 1 N–H and O–H groups in total. The van der Waals surface area contributed by atoms with Crippen molar-refractivity contribution in [3.63, 3.8) is 0 Å². The van der Waals surface area contributed by atoms with Crippen molar-refractivity contribution in [3.05, 3.63) is 51.0 Å². The first-order valence-electron chi connectivity index (χ1n) is 9.21. The Morgan fingerprint density at radius 3 is 2.59 bits per heavy atom. The van der Waals surface area contributed by atoms with E-state index in [9.17, 15) is 18.0 Å². The maximum absolute atomic E-state index is 13.9. The number of nitrogens with one attached hydrogen (secondary N) is 1. The molecule has 0 spiro atoms. The second-order valence-electron chi connectivity index (χ2n) is 7.02. The van der Waals surface area contributed by atoms with E-state index in [2.05, 4.69) is 9.97 Å². The van der Waals surface area contributed by atoms with Crippen molar-refractivity contribution in [1.82, 2.24) is 14.5 Å². The second kappa shape index (κ2) is 7.29. The fourth-order valence-corrected chi connectivity index (χ4v) is 4.29. The molecule has 0 amide bonds. The van der Waals surface area contributed by atoms with Gasteiger partial charge in [0.1, 0.15) is 11.4 Å². The lowest BCUT2D eigenvalue weighted by Crippen LogP contribution is -2.22. The molecule has 1 aromatic carbocycles. The monoisotopic (exact) mass is 421 g/mol. The third-order valence-electron chi connectivity index (χ3n) is 5.27. The van der Waals surface area contributed by atoms with Gasteiger partial charge in [0.2, 0.25) is 0 Å². The number of halogens is 3. The summed E-state index contributed by atoms with van der Waals surface area (Å²) in [4.78, 5) is 19.4. The number of nitrogens with zero attached hydrogens (tertiary/aromatic N) is 2. The predicted molar refractivity (Wildman–Crippen MR) is 106 cm³/mol. The van der Waals surface area contributed by atoms with Crippen LogP contribution in [-0.4, -0.2) is 21.6 Å². The van der Waals surface area contributed by atoms with Gasteiger partial charge in [-0.2, -0.15) is 13.2 Å². The van der Waals surface area contributed by atoms with Crippen LogP contribution in [0.15, 0.2) is 35.1 Å². The molecular weight excluding hydrogens is 403 g/mol. The van der Waals surface area contributed by atoms with Crippen molar-refractivity contribution in [3.8, 4) is 17.0 Å². The number of fused-ring (bicyclic) bond motifs is 1. The molecule has 1 saturated carbocycles. The highest BCUT2D eigenvalue weighted by Crippen LogP contribution is 2.39. The number of H-pyrrole nitrogens is 1. The third-order valence-corrected chi connectivity index (χ3v) is 5.57. The first-order chi connectivity index (χ1) is 13.8. The summed E-state index contributed by atoms with van der Waals surface area (Å²) in [5.41, 5.74) is -1.47. The van der Waals surface area contributed by atoms with Gasteiger partial charge < -0.3 is 4.74 Å². The van der Waals surface area contributed by atoms with Crippen LogP contribution in [0.25, 0.3) is 22.3 Å². The SMILES string of the molecule is COc1ccccc1-c1cc(C(F)(F)F)c2c(=O)[nH]c(=S)n(C3CCCC3)c2n1. The van der Waals surface area contributed by atoms with Gasteiger partial charge in [-0.25, -0.2) is 4.98 Å². The lowest BCUT2D eigenvalue weighted by molar-refractivity contribution is -0.136. The van der Waals surface area contributed by atoms with E-state index in [1.165, 1.54) is 7.11 Å². The number of rotatable bonds is 3. The topological polar surface area (TPSA) is 59.9 Å². The molecule has 4 rings (SSSR count). The molecule has 3 aromatic rings. The molecule has 5 nitrogen and oxygen atoms in total. The van der Waals surface area contributed by atoms with E-state index in [1.807, 2.05) is 0 Å². The molecule has 0 unspecified atom stereocenters. The molecule has 0 atom stereocenters. The molecule has 1 aliphatic rings. The minimum Gasteiger partial charge on any atom is -0.496 e. The number of aromatic nitrogens is 3. The normalized spacial score (nSPS) is 15.2. The van der Waals surface area contributed by atoms with Gasteiger partial charge in [0.05, 0.1) is 23.8 Å². The largest absolute Gasteiger partial charge is 0.496 e. The average molecular weight is 421 g/mol. The molecule has 1 aliphatic carbocycles. The minimum atomic E-state index is -4.73. The van der Waals surface area contributed by atoms with Crippen LogP contribution < -0.4 is 10.3 Å². The van der Waals surface area contributed by atoms with Gasteiger partial charge in [-0.05, 0) is 43.3 Å². The number of hydrogen-bond acceptors (Lipinski definition) is 4. The summed E-state index contributed by atoms with van der Waals surface area (Å²) in [5, 5.41) is -0.489. The van der Waals surface area contributed by atoms with Gasteiger partial charge in [0.25, 0.3) is 5.56 Å². The predicted octanol–water partition coefficient (Wildman–Crippen LogP) is 5.26. The summed E-state index contributed by atoms with van der Waals surface area (Å²) in [6.45, 7) is 0. The van der Waals surface area contributed by atoms with E-state index in [1.54, 1.807) is 28.8 Å². The van der Waals surface area contributed by atoms with Gasteiger partial charge >= 0.3 is 6.18 Å². The van der Waals surface area contributed by atoms with Crippen LogP contribution in [0.2, 0.25) is 0 Å². The Morgan fingerprint density at radius 1 is 1.24 bits per heavy atom. The second-order valence-corrected chi connectivity index (χ2v) is 7.41. The van der Waals surface area contributed by atoms with Gasteiger partial charge in [0, 0.05) is 11.6 Å². The van der Waals surface area contributed by atoms with Gasteiger partial charge in [-0.15, -0.1) is 0 Å². The number of pyridine rings is 1. The Balaban J connectivity index is 2.14. The number of alkyl halides is 3. The van der Waals surface area contributed by atoms with E-state index in [-0.39, 0.29) is 22.2 Å². The molecule has 2 aromatic heterocycles. The Bertz CT molecular complexity index is 1190. The van der Waals surface area contributed by atoms with Crippen LogP contribution in [-0.2, 0) is 6.18 Å². The zero-order valence-corrected chi connectivity index (χ0v) is 16.4. The van der Waals surface area contributed by atoms with Crippen LogP contribution in [0.4, 0.5) is 13.2 Å². The average Bonchev–Trinajstić information content (AvgIpc) is 3.20. The molecule has 0 saturated heterocycles. The van der Waals surface area contributed by atoms with Gasteiger partial charge in [-0.1, -0.05) is 25.0 Å². The van der Waals surface area contributed by atoms with Crippen molar-refractivity contribution >= 4 is 23.3 Å². The maximum Gasteiger partial charge on any atom is 0.417 e. The van der Waals surface area contributed by atoms with Crippen LogP contribution in [0.3, 0.4) is 0 Å². The van der Waals surface area contributed by atoms with Crippen molar-refractivity contribution < 1.29 is 17.9 Å². The van der Waals surface area contributed by atoms with Gasteiger partial charge in [0.15, 0.2) is 4.77 Å². The molecule has 152 valence electrons. The van der Waals surface area contributed by atoms with Crippen LogP contribution >= 0.6 is 12.2 Å². The fraction of sp³-hybridized carbons (Fsp3) is 0.350. The Labute approximate surface area is 169 Å². The minimum absolute atomic E-state index is 0.0404. The smallest absolute Gasteiger partial charge is 0.417 e. The summed E-state index contributed by atoms with van der Waals surface area (Å²) >= 11 is 5.31. The fourth-order valence-electron chi connectivity index (χ4n) is 3.96. The summed E-state index contributed by atoms with van der Waals surface area (Å²) in [7, 11) is 1.44. The summed E-state index contributed by atoms with van der Waals surface area (Å²) in [6, 6.07) is 7.50. The molecule has 2 heterocycles. The highest BCUT2D eigenvalue weighted by molar-refractivity contribution is 7.71. The zero-order chi connectivity index (χ0) is 20.8.